The topological polar surface area (TPSA) is 108 Å². The van der Waals surface area contributed by atoms with Crippen LogP contribution in [0.3, 0.4) is 0 Å². The number of methoxy groups -OCH3 is 1. The van der Waals surface area contributed by atoms with Gasteiger partial charge in [0.1, 0.15) is 12.4 Å². The summed E-state index contributed by atoms with van der Waals surface area (Å²) >= 11 is 11.7. The van der Waals surface area contributed by atoms with Crippen molar-refractivity contribution in [2.45, 2.75) is 4.90 Å². The van der Waals surface area contributed by atoms with Gasteiger partial charge in [0.2, 0.25) is 15.9 Å². The van der Waals surface area contributed by atoms with Crippen LogP contribution in [0.5, 0.6) is 11.6 Å². The molecule has 2 heterocycles. The second-order valence-electron chi connectivity index (χ2n) is 6.52. The molecule has 0 radical (unpaired) electrons. The summed E-state index contributed by atoms with van der Waals surface area (Å²) in [5, 5.41) is 13.1. The maximum absolute atomic E-state index is 12.4. The molecule has 1 N–H and O–H groups in total. The van der Waals surface area contributed by atoms with Gasteiger partial charge < -0.3 is 9.47 Å². The van der Waals surface area contributed by atoms with E-state index in [0.717, 1.165) is 5.56 Å². The van der Waals surface area contributed by atoms with Crippen LogP contribution < -0.4 is 14.2 Å². The molecule has 0 spiro atoms. The first kappa shape index (κ1) is 22.3. The summed E-state index contributed by atoms with van der Waals surface area (Å²) in [6, 6.07) is 14.8. The van der Waals surface area contributed by atoms with E-state index in [0.29, 0.717) is 17.2 Å². The Balaban J connectivity index is 1.44. The first-order valence-corrected chi connectivity index (χ1v) is 11.6. The standard InChI is InChI=1S/C20H17Cl2N5O4S/c1-30-14-4-2-3-13(11-14)20-25-24-18-7-8-19(26-27(18)20)31-10-9-23-32(28,29)15-5-6-16(21)17(22)12-15/h2-8,11-12,23H,9-10H2,1H3. The van der Waals surface area contributed by atoms with Gasteiger partial charge in [-0.05, 0) is 36.4 Å². The van der Waals surface area contributed by atoms with Crippen molar-refractivity contribution in [3.8, 4) is 23.0 Å². The second-order valence-corrected chi connectivity index (χ2v) is 9.10. The molecule has 0 saturated heterocycles. The van der Waals surface area contributed by atoms with Crippen molar-refractivity contribution in [2.24, 2.45) is 0 Å². The van der Waals surface area contributed by atoms with Crippen molar-refractivity contribution < 1.29 is 17.9 Å². The summed E-state index contributed by atoms with van der Waals surface area (Å²) in [5.41, 5.74) is 1.31. The number of halogens is 2. The van der Waals surface area contributed by atoms with E-state index in [2.05, 4.69) is 20.0 Å². The van der Waals surface area contributed by atoms with Gasteiger partial charge in [-0.1, -0.05) is 35.3 Å². The molecular formula is C20H17Cl2N5O4S. The van der Waals surface area contributed by atoms with Gasteiger partial charge in [0.25, 0.3) is 0 Å². The lowest BCUT2D eigenvalue weighted by Gasteiger charge is -2.09. The van der Waals surface area contributed by atoms with E-state index in [-0.39, 0.29) is 34.0 Å². The highest BCUT2D eigenvalue weighted by atomic mass is 35.5. The fraction of sp³-hybridized carbons (Fsp3) is 0.150. The van der Waals surface area contributed by atoms with E-state index in [1.165, 1.54) is 18.2 Å². The van der Waals surface area contributed by atoms with E-state index in [1.54, 1.807) is 23.8 Å². The number of aromatic nitrogens is 4. The third-order valence-electron chi connectivity index (χ3n) is 4.41. The number of fused-ring (bicyclic) bond motifs is 1. The molecule has 0 amide bonds. The Kier molecular flexibility index (Phi) is 6.47. The lowest BCUT2D eigenvalue weighted by Crippen LogP contribution is -2.28. The number of hydrogen-bond donors (Lipinski definition) is 1. The predicted molar refractivity (Wildman–Crippen MR) is 120 cm³/mol. The average molecular weight is 494 g/mol. The number of rotatable bonds is 8. The van der Waals surface area contributed by atoms with Crippen LogP contribution in [0.4, 0.5) is 0 Å². The summed E-state index contributed by atoms with van der Waals surface area (Å²) in [5.74, 6) is 1.49. The highest BCUT2D eigenvalue weighted by Crippen LogP contribution is 2.25. The molecule has 0 aliphatic rings. The first-order chi connectivity index (χ1) is 15.4. The van der Waals surface area contributed by atoms with E-state index >= 15 is 0 Å². The van der Waals surface area contributed by atoms with Crippen LogP contribution in [0.1, 0.15) is 0 Å². The Labute approximate surface area is 193 Å². The number of sulfonamides is 1. The third kappa shape index (κ3) is 4.78. The minimum absolute atomic E-state index is 0.0128. The number of benzene rings is 2. The number of nitrogens with zero attached hydrogens (tertiary/aromatic N) is 4. The molecule has 2 aromatic heterocycles. The number of nitrogens with one attached hydrogen (secondary N) is 1. The van der Waals surface area contributed by atoms with Crippen LogP contribution in [0.25, 0.3) is 17.0 Å². The summed E-state index contributed by atoms with van der Waals surface area (Å²) < 4.78 is 39.6. The van der Waals surface area contributed by atoms with Gasteiger partial charge in [0, 0.05) is 18.2 Å². The second kappa shape index (κ2) is 9.29. The van der Waals surface area contributed by atoms with E-state index in [4.69, 9.17) is 32.7 Å². The van der Waals surface area contributed by atoms with Gasteiger partial charge in [-0.15, -0.1) is 15.3 Å². The fourth-order valence-electron chi connectivity index (χ4n) is 2.85. The molecule has 0 fully saturated rings. The molecule has 0 aliphatic carbocycles. The largest absolute Gasteiger partial charge is 0.497 e. The van der Waals surface area contributed by atoms with Crippen LogP contribution in [0, 0.1) is 0 Å². The van der Waals surface area contributed by atoms with Gasteiger partial charge in [-0.3, -0.25) is 0 Å². The van der Waals surface area contributed by atoms with E-state index in [1.807, 2.05) is 24.3 Å². The van der Waals surface area contributed by atoms with Gasteiger partial charge >= 0.3 is 0 Å². The molecule has 12 heteroatoms. The van der Waals surface area contributed by atoms with Crippen LogP contribution >= 0.6 is 23.2 Å². The van der Waals surface area contributed by atoms with Crippen LogP contribution in [-0.4, -0.2) is 48.5 Å². The molecule has 4 rings (SSSR count). The molecule has 0 unspecified atom stereocenters. The summed E-state index contributed by atoms with van der Waals surface area (Å²) in [6.07, 6.45) is 0. The van der Waals surface area contributed by atoms with Crippen LogP contribution in [0.15, 0.2) is 59.5 Å². The van der Waals surface area contributed by atoms with Crippen molar-refractivity contribution in [1.82, 2.24) is 24.5 Å². The maximum atomic E-state index is 12.4. The molecule has 9 nitrogen and oxygen atoms in total. The molecular weight excluding hydrogens is 477 g/mol. The van der Waals surface area contributed by atoms with Gasteiger partial charge in [0.05, 0.1) is 22.1 Å². The summed E-state index contributed by atoms with van der Waals surface area (Å²) in [6.45, 7) is 0.0723. The van der Waals surface area contributed by atoms with Crippen LogP contribution in [0.2, 0.25) is 10.0 Å². The van der Waals surface area contributed by atoms with Crippen molar-refractivity contribution >= 4 is 38.9 Å². The Morgan fingerprint density at radius 2 is 1.88 bits per heavy atom. The molecule has 4 aromatic rings. The van der Waals surface area contributed by atoms with Crippen LogP contribution in [-0.2, 0) is 10.0 Å². The molecule has 0 aliphatic heterocycles. The Hall–Kier alpha value is -2.92. The van der Waals surface area contributed by atoms with Crippen molar-refractivity contribution in [1.29, 1.82) is 0 Å². The SMILES string of the molecule is COc1cccc(-c2nnc3ccc(OCCNS(=O)(=O)c4ccc(Cl)c(Cl)c4)nn23)c1. The van der Waals surface area contributed by atoms with Gasteiger partial charge in [-0.2, -0.15) is 4.52 Å². The zero-order valence-electron chi connectivity index (χ0n) is 16.7. The molecule has 2 aromatic carbocycles. The number of hydrogen-bond acceptors (Lipinski definition) is 7. The van der Waals surface area contributed by atoms with E-state index < -0.39 is 10.0 Å². The van der Waals surface area contributed by atoms with Crippen molar-refractivity contribution in [3.05, 3.63) is 64.6 Å². The minimum Gasteiger partial charge on any atom is -0.497 e. The van der Waals surface area contributed by atoms with Gasteiger partial charge in [0.15, 0.2) is 11.5 Å². The highest BCUT2D eigenvalue weighted by Gasteiger charge is 2.15. The Morgan fingerprint density at radius 3 is 2.66 bits per heavy atom. The van der Waals surface area contributed by atoms with Crippen molar-refractivity contribution in [2.75, 3.05) is 20.3 Å². The van der Waals surface area contributed by atoms with E-state index in [9.17, 15) is 8.42 Å². The monoisotopic (exact) mass is 493 g/mol. The predicted octanol–water partition coefficient (Wildman–Crippen LogP) is 3.46. The third-order valence-corrected chi connectivity index (χ3v) is 6.61. The quantitative estimate of drug-likeness (QED) is 0.374. The average Bonchev–Trinajstić information content (AvgIpc) is 3.22. The lowest BCUT2D eigenvalue weighted by molar-refractivity contribution is 0.306. The normalized spacial score (nSPS) is 11.6. The minimum atomic E-state index is -3.76. The fourth-order valence-corrected chi connectivity index (χ4v) is 4.25. The first-order valence-electron chi connectivity index (χ1n) is 9.32. The van der Waals surface area contributed by atoms with Gasteiger partial charge in [-0.25, -0.2) is 13.1 Å². The maximum Gasteiger partial charge on any atom is 0.240 e. The molecule has 32 heavy (non-hydrogen) atoms. The Bertz CT molecular complexity index is 1380. The van der Waals surface area contributed by atoms with Crippen molar-refractivity contribution in [3.63, 3.8) is 0 Å². The lowest BCUT2D eigenvalue weighted by atomic mass is 10.2. The molecule has 166 valence electrons. The molecule has 0 saturated carbocycles. The molecule has 0 atom stereocenters. The zero-order valence-corrected chi connectivity index (χ0v) is 19.0. The smallest absolute Gasteiger partial charge is 0.240 e. The number of ether oxygens (including phenoxy) is 2. The molecule has 0 bridgehead atoms. The summed E-state index contributed by atoms with van der Waals surface area (Å²) in [4.78, 5) is 0.0128. The highest BCUT2D eigenvalue weighted by molar-refractivity contribution is 7.89. The summed E-state index contributed by atoms with van der Waals surface area (Å²) in [7, 11) is -2.18. The zero-order chi connectivity index (χ0) is 22.7. The Morgan fingerprint density at radius 1 is 1.03 bits per heavy atom.